The second-order valence-electron chi connectivity index (χ2n) is 5.38. The number of nitrogens with zero attached hydrogens (tertiary/aromatic N) is 4. The number of rotatable bonds is 2. The third-order valence-corrected chi connectivity index (χ3v) is 3.58. The summed E-state index contributed by atoms with van der Waals surface area (Å²) in [7, 11) is 3.92. The fraction of sp³-hybridized carbons (Fsp3) is 0.667. The molecule has 2 heterocycles. The summed E-state index contributed by atoms with van der Waals surface area (Å²) >= 11 is 0. The topological polar surface area (TPSA) is 58.3 Å². The van der Waals surface area contributed by atoms with E-state index in [0.29, 0.717) is 19.0 Å². The van der Waals surface area contributed by atoms with Crippen molar-refractivity contribution in [3.8, 4) is 0 Å². The molecular formula is C12H18F3N5. The van der Waals surface area contributed by atoms with Crippen LogP contribution in [-0.4, -0.2) is 48.1 Å². The summed E-state index contributed by atoms with van der Waals surface area (Å²) in [5.41, 5.74) is 4.39. The zero-order valence-corrected chi connectivity index (χ0v) is 11.6. The molecule has 2 atom stereocenters. The highest BCUT2D eigenvalue weighted by atomic mass is 19.4. The fourth-order valence-corrected chi connectivity index (χ4v) is 2.57. The van der Waals surface area contributed by atoms with E-state index < -0.39 is 11.9 Å². The normalized spacial score (nSPS) is 23.6. The summed E-state index contributed by atoms with van der Waals surface area (Å²) in [4.78, 5) is 11.1. The van der Waals surface area contributed by atoms with E-state index in [1.54, 1.807) is 0 Å². The number of hydrogen-bond acceptors (Lipinski definition) is 5. The lowest BCUT2D eigenvalue weighted by Crippen LogP contribution is -2.34. The molecule has 8 heteroatoms. The van der Waals surface area contributed by atoms with Gasteiger partial charge in [0.05, 0.1) is 0 Å². The molecule has 0 radical (unpaired) electrons. The molecule has 0 amide bonds. The first-order valence-electron chi connectivity index (χ1n) is 6.31. The minimum atomic E-state index is -4.52. The van der Waals surface area contributed by atoms with Crippen molar-refractivity contribution in [1.29, 1.82) is 0 Å². The largest absolute Gasteiger partial charge is 0.433 e. The lowest BCUT2D eigenvalue weighted by molar-refractivity contribution is -0.141. The summed E-state index contributed by atoms with van der Waals surface area (Å²) in [6, 6.07) is 1.24. The number of anilines is 2. The summed E-state index contributed by atoms with van der Waals surface area (Å²) in [5.74, 6) is 0.229. The molecule has 0 bridgehead atoms. The number of nitrogen functional groups attached to an aromatic ring is 1. The van der Waals surface area contributed by atoms with Crippen LogP contribution in [0.5, 0.6) is 0 Å². The van der Waals surface area contributed by atoms with Gasteiger partial charge in [-0.25, -0.2) is 4.98 Å². The Labute approximate surface area is 115 Å². The number of alkyl halides is 3. The Morgan fingerprint density at radius 1 is 1.30 bits per heavy atom. The molecule has 20 heavy (non-hydrogen) atoms. The maximum absolute atomic E-state index is 12.7. The fourth-order valence-electron chi connectivity index (χ4n) is 2.57. The Morgan fingerprint density at radius 3 is 2.45 bits per heavy atom. The second kappa shape index (κ2) is 5.08. The van der Waals surface area contributed by atoms with Gasteiger partial charge < -0.3 is 15.5 Å². The smallest absolute Gasteiger partial charge is 0.368 e. The number of aromatic nitrogens is 2. The maximum Gasteiger partial charge on any atom is 0.433 e. The number of nitrogens with two attached hydrogens (primary N) is 1. The first kappa shape index (κ1) is 14.8. The zero-order valence-electron chi connectivity index (χ0n) is 11.6. The van der Waals surface area contributed by atoms with Crippen LogP contribution >= 0.6 is 0 Å². The van der Waals surface area contributed by atoms with Crippen molar-refractivity contribution in [3.05, 3.63) is 11.8 Å². The Morgan fingerprint density at radius 2 is 1.95 bits per heavy atom. The van der Waals surface area contributed by atoms with Crippen molar-refractivity contribution >= 4 is 11.8 Å². The van der Waals surface area contributed by atoms with Crippen molar-refractivity contribution in [2.24, 2.45) is 5.92 Å². The Hall–Kier alpha value is -1.57. The van der Waals surface area contributed by atoms with Crippen LogP contribution in [0.2, 0.25) is 0 Å². The highest BCUT2D eigenvalue weighted by Crippen LogP contribution is 2.32. The van der Waals surface area contributed by atoms with E-state index >= 15 is 0 Å². The van der Waals surface area contributed by atoms with Crippen LogP contribution in [0.25, 0.3) is 0 Å². The van der Waals surface area contributed by atoms with E-state index in [4.69, 9.17) is 5.73 Å². The van der Waals surface area contributed by atoms with Crippen molar-refractivity contribution < 1.29 is 13.2 Å². The van der Waals surface area contributed by atoms with Gasteiger partial charge in [-0.3, -0.25) is 0 Å². The number of halogens is 3. The van der Waals surface area contributed by atoms with E-state index in [1.165, 1.54) is 0 Å². The van der Waals surface area contributed by atoms with E-state index in [1.807, 2.05) is 19.0 Å². The molecule has 112 valence electrons. The minimum Gasteiger partial charge on any atom is -0.368 e. The summed E-state index contributed by atoms with van der Waals surface area (Å²) in [6.07, 6.45) is -4.52. The quantitative estimate of drug-likeness (QED) is 0.893. The molecule has 5 nitrogen and oxygen atoms in total. The van der Waals surface area contributed by atoms with Crippen LogP contribution in [0.4, 0.5) is 24.9 Å². The average molecular weight is 289 g/mol. The van der Waals surface area contributed by atoms with Crippen LogP contribution in [0.3, 0.4) is 0 Å². The predicted molar refractivity (Wildman–Crippen MR) is 70.3 cm³/mol. The molecule has 1 aliphatic rings. The zero-order chi connectivity index (χ0) is 15.1. The lowest BCUT2D eigenvalue weighted by atomic mass is 10.1. The predicted octanol–water partition coefficient (Wildman–Crippen LogP) is 1.46. The monoisotopic (exact) mass is 289 g/mol. The second-order valence-corrected chi connectivity index (χ2v) is 5.38. The van der Waals surface area contributed by atoms with Crippen molar-refractivity contribution in [2.45, 2.75) is 19.1 Å². The molecule has 1 fully saturated rings. The Balaban J connectivity index is 2.28. The van der Waals surface area contributed by atoms with Gasteiger partial charge in [-0.15, -0.1) is 0 Å². The van der Waals surface area contributed by atoms with Gasteiger partial charge in [0.25, 0.3) is 0 Å². The van der Waals surface area contributed by atoms with Gasteiger partial charge in [-0.05, 0) is 20.0 Å². The summed E-state index contributed by atoms with van der Waals surface area (Å²) in [5, 5.41) is 0. The molecule has 2 N–H and O–H groups in total. The van der Waals surface area contributed by atoms with Gasteiger partial charge in [-0.2, -0.15) is 18.2 Å². The lowest BCUT2D eigenvalue weighted by Gasteiger charge is -2.22. The highest BCUT2D eigenvalue weighted by molar-refractivity contribution is 5.45. The molecule has 2 unspecified atom stereocenters. The van der Waals surface area contributed by atoms with Crippen LogP contribution in [0.15, 0.2) is 6.07 Å². The molecule has 1 saturated heterocycles. The molecule has 0 aliphatic carbocycles. The number of likely N-dealkylation sites (N-methyl/N-ethyl adjacent to an activating group) is 1. The van der Waals surface area contributed by atoms with Gasteiger partial charge in [0.1, 0.15) is 5.82 Å². The van der Waals surface area contributed by atoms with Crippen molar-refractivity contribution in [2.75, 3.05) is 37.8 Å². The average Bonchev–Trinajstić information content (AvgIpc) is 2.69. The van der Waals surface area contributed by atoms with Crippen molar-refractivity contribution in [1.82, 2.24) is 14.9 Å². The van der Waals surface area contributed by atoms with Crippen LogP contribution in [-0.2, 0) is 6.18 Å². The van der Waals surface area contributed by atoms with E-state index in [0.717, 1.165) is 6.07 Å². The van der Waals surface area contributed by atoms with E-state index in [9.17, 15) is 13.2 Å². The molecule has 1 aliphatic heterocycles. The molecule has 0 saturated carbocycles. The molecule has 2 rings (SSSR count). The van der Waals surface area contributed by atoms with Gasteiger partial charge in [-0.1, -0.05) is 6.92 Å². The van der Waals surface area contributed by atoms with Crippen LogP contribution < -0.4 is 10.6 Å². The summed E-state index contributed by atoms with van der Waals surface area (Å²) in [6.45, 7) is 3.35. The first-order valence-corrected chi connectivity index (χ1v) is 6.31. The van der Waals surface area contributed by atoms with E-state index in [-0.39, 0.29) is 17.8 Å². The first-order chi connectivity index (χ1) is 9.18. The molecule has 0 aromatic carbocycles. The van der Waals surface area contributed by atoms with Crippen LogP contribution in [0.1, 0.15) is 12.6 Å². The molecule has 1 aromatic rings. The Bertz CT molecular complexity index is 488. The standard InChI is InChI=1S/C12H18F3N5/c1-7-5-20(6-8(7)19(2)3)10-4-9(12(13,14)15)17-11(16)18-10/h4,7-8H,5-6H2,1-3H3,(H2,16,17,18). The van der Waals surface area contributed by atoms with E-state index in [2.05, 4.69) is 21.8 Å². The molecule has 1 aromatic heterocycles. The Kier molecular flexibility index (Phi) is 3.77. The third kappa shape index (κ3) is 2.95. The molecular weight excluding hydrogens is 271 g/mol. The van der Waals surface area contributed by atoms with Gasteiger partial charge >= 0.3 is 6.18 Å². The molecule has 0 spiro atoms. The number of hydrogen-bond donors (Lipinski definition) is 1. The summed E-state index contributed by atoms with van der Waals surface area (Å²) < 4.78 is 38.2. The van der Waals surface area contributed by atoms with Crippen LogP contribution in [0, 0.1) is 5.92 Å². The SMILES string of the molecule is CC1CN(c2cc(C(F)(F)F)nc(N)n2)CC1N(C)C. The maximum atomic E-state index is 12.7. The van der Waals surface area contributed by atoms with Gasteiger partial charge in [0, 0.05) is 25.2 Å². The van der Waals surface area contributed by atoms with Crippen molar-refractivity contribution in [3.63, 3.8) is 0 Å². The highest BCUT2D eigenvalue weighted by Gasteiger charge is 2.36. The van der Waals surface area contributed by atoms with Gasteiger partial charge in [0.2, 0.25) is 5.95 Å². The minimum absolute atomic E-state index is 0.237. The third-order valence-electron chi connectivity index (χ3n) is 3.58. The van der Waals surface area contributed by atoms with Gasteiger partial charge in [0.15, 0.2) is 5.69 Å².